The van der Waals surface area contributed by atoms with Crippen LogP contribution < -0.4 is 19.5 Å². The number of hydrogen-bond donors (Lipinski definition) is 1. The summed E-state index contributed by atoms with van der Waals surface area (Å²) in [6, 6.07) is 9.12. The van der Waals surface area contributed by atoms with Crippen molar-refractivity contribution in [2.45, 2.75) is 26.2 Å². The van der Waals surface area contributed by atoms with Gasteiger partial charge in [0.1, 0.15) is 17.9 Å². The molecule has 1 saturated heterocycles. The van der Waals surface area contributed by atoms with Gasteiger partial charge in [0.15, 0.2) is 23.1 Å². The number of fused-ring (bicyclic) bond motifs is 1. The van der Waals surface area contributed by atoms with Gasteiger partial charge in [-0.05, 0) is 81.8 Å². The van der Waals surface area contributed by atoms with Crippen molar-refractivity contribution < 1.29 is 23.8 Å². The highest BCUT2D eigenvalue weighted by Crippen LogP contribution is 2.36. The fourth-order valence-electron chi connectivity index (χ4n) is 4.87. The summed E-state index contributed by atoms with van der Waals surface area (Å²) in [5, 5.41) is 4.08. The first-order valence-electron chi connectivity index (χ1n) is 13.3. The van der Waals surface area contributed by atoms with E-state index in [0.29, 0.717) is 53.0 Å². The van der Waals surface area contributed by atoms with Gasteiger partial charge in [0.2, 0.25) is 0 Å². The first-order chi connectivity index (χ1) is 19.1. The highest BCUT2D eigenvalue weighted by Gasteiger charge is 2.20. The van der Waals surface area contributed by atoms with Crippen LogP contribution in [0.5, 0.6) is 17.2 Å². The molecule has 2 aromatic carbocycles. The molecule has 9 heteroatoms. The second-order valence-corrected chi connectivity index (χ2v) is 9.42. The van der Waals surface area contributed by atoms with Gasteiger partial charge in [-0.1, -0.05) is 0 Å². The molecule has 5 rings (SSSR count). The number of methoxy groups -OCH3 is 1. The normalized spacial score (nSPS) is 15.5. The monoisotopic (exact) mass is 528 g/mol. The number of nitrogens with zero attached hydrogens (tertiary/aromatic N) is 3. The summed E-state index contributed by atoms with van der Waals surface area (Å²) < 4.78 is 17.5. The molecule has 0 bridgehead atoms. The summed E-state index contributed by atoms with van der Waals surface area (Å²) in [6.45, 7) is 6.25. The number of nitrogens with one attached hydrogen (secondary N) is 1. The fraction of sp³-hybridized carbons (Fsp3) is 0.333. The molecule has 0 unspecified atom stereocenters. The predicted octanol–water partition coefficient (Wildman–Crippen LogP) is 4.74. The highest BCUT2D eigenvalue weighted by molar-refractivity contribution is 6.34. The predicted molar refractivity (Wildman–Crippen MR) is 150 cm³/mol. The highest BCUT2D eigenvalue weighted by atomic mass is 16.5. The SMILES string of the molecule is CCOc1ccc(Nc2ncnc3cc(OCCCN4CCCC4)c(OC)cc23)cc1C1=CC(=O)C=CC1=O. The molecular formula is C30H32N4O5. The van der Waals surface area contributed by atoms with E-state index in [0.717, 1.165) is 18.4 Å². The Hall–Kier alpha value is -4.24. The molecular weight excluding hydrogens is 496 g/mol. The lowest BCUT2D eigenvalue weighted by Crippen LogP contribution is -2.21. The maximum absolute atomic E-state index is 12.6. The third-order valence-electron chi connectivity index (χ3n) is 6.78. The molecule has 1 aliphatic heterocycles. The molecule has 0 amide bonds. The van der Waals surface area contributed by atoms with Crippen LogP contribution in [0.15, 0.2) is 54.9 Å². The molecule has 39 heavy (non-hydrogen) atoms. The molecule has 2 aliphatic rings. The molecule has 1 aliphatic carbocycles. The number of benzene rings is 2. The Morgan fingerprint density at radius 2 is 1.82 bits per heavy atom. The minimum Gasteiger partial charge on any atom is -0.493 e. The van der Waals surface area contributed by atoms with Crippen LogP contribution in [-0.4, -0.2) is 66.4 Å². The number of ketones is 2. The third-order valence-corrected chi connectivity index (χ3v) is 6.78. The van der Waals surface area contributed by atoms with E-state index in [4.69, 9.17) is 14.2 Å². The number of ether oxygens (including phenoxy) is 3. The van der Waals surface area contributed by atoms with Gasteiger partial charge < -0.3 is 24.4 Å². The van der Waals surface area contributed by atoms with Crippen LogP contribution >= 0.6 is 0 Å². The lowest BCUT2D eigenvalue weighted by molar-refractivity contribution is -0.113. The Kier molecular flexibility index (Phi) is 8.17. The maximum atomic E-state index is 12.6. The second kappa shape index (κ2) is 12.1. The van der Waals surface area contributed by atoms with Gasteiger partial charge >= 0.3 is 0 Å². The molecule has 1 fully saturated rings. The molecule has 1 aromatic heterocycles. The molecule has 0 spiro atoms. The number of anilines is 2. The van der Waals surface area contributed by atoms with Crippen LogP contribution in [0.1, 0.15) is 31.7 Å². The van der Waals surface area contributed by atoms with Crippen LogP contribution in [0.4, 0.5) is 11.5 Å². The molecule has 0 saturated carbocycles. The molecule has 202 valence electrons. The Morgan fingerprint density at radius 3 is 2.62 bits per heavy atom. The summed E-state index contributed by atoms with van der Waals surface area (Å²) in [6.07, 6.45) is 8.87. The van der Waals surface area contributed by atoms with E-state index >= 15 is 0 Å². The van der Waals surface area contributed by atoms with Crippen molar-refractivity contribution in [1.82, 2.24) is 14.9 Å². The Labute approximate surface area is 227 Å². The zero-order chi connectivity index (χ0) is 27.2. The molecule has 2 heterocycles. The van der Waals surface area contributed by atoms with Gasteiger partial charge in [-0.3, -0.25) is 9.59 Å². The Bertz CT molecular complexity index is 1440. The molecule has 0 atom stereocenters. The minimum atomic E-state index is -0.252. The van der Waals surface area contributed by atoms with E-state index in [1.54, 1.807) is 19.2 Å². The number of aromatic nitrogens is 2. The third kappa shape index (κ3) is 6.09. The van der Waals surface area contributed by atoms with E-state index < -0.39 is 0 Å². The Morgan fingerprint density at radius 1 is 0.974 bits per heavy atom. The van der Waals surface area contributed by atoms with E-state index in [-0.39, 0.29) is 17.1 Å². The largest absolute Gasteiger partial charge is 0.493 e. The van der Waals surface area contributed by atoms with Crippen LogP contribution in [0.3, 0.4) is 0 Å². The van der Waals surface area contributed by atoms with Crippen molar-refractivity contribution in [3.63, 3.8) is 0 Å². The molecule has 0 radical (unpaired) electrons. The van der Waals surface area contributed by atoms with Crippen LogP contribution in [0.2, 0.25) is 0 Å². The molecule has 1 N–H and O–H groups in total. The van der Waals surface area contributed by atoms with E-state index in [9.17, 15) is 9.59 Å². The van der Waals surface area contributed by atoms with Gasteiger partial charge in [-0.15, -0.1) is 0 Å². The fourth-order valence-corrected chi connectivity index (χ4v) is 4.87. The molecule has 3 aromatic rings. The summed E-state index contributed by atoms with van der Waals surface area (Å²) in [4.78, 5) is 35.9. The average Bonchev–Trinajstić information content (AvgIpc) is 3.47. The lowest BCUT2D eigenvalue weighted by Gasteiger charge is -2.17. The first kappa shape index (κ1) is 26.4. The molecule has 9 nitrogen and oxygen atoms in total. The topological polar surface area (TPSA) is 103 Å². The van der Waals surface area contributed by atoms with E-state index in [2.05, 4.69) is 20.2 Å². The smallest absolute Gasteiger partial charge is 0.186 e. The summed E-state index contributed by atoms with van der Waals surface area (Å²) in [7, 11) is 1.61. The van der Waals surface area contributed by atoms with Crippen molar-refractivity contribution in [2.24, 2.45) is 0 Å². The van der Waals surface area contributed by atoms with Crippen molar-refractivity contribution >= 4 is 39.5 Å². The van der Waals surface area contributed by atoms with Crippen molar-refractivity contribution in [2.75, 3.05) is 45.3 Å². The number of carbonyl (C=O) groups is 2. The maximum Gasteiger partial charge on any atom is 0.186 e. The van der Waals surface area contributed by atoms with Crippen molar-refractivity contribution in [3.05, 3.63) is 60.5 Å². The van der Waals surface area contributed by atoms with E-state index in [1.165, 1.54) is 50.5 Å². The number of allylic oxidation sites excluding steroid dienone is 4. The number of rotatable bonds is 11. The minimum absolute atomic E-state index is 0.242. The van der Waals surface area contributed by atoms with Gasteiger partial charge in [0, 0.05) is 34.8 Å². The summed E-state index contributed by atoms with van der Waals surface area (Å²) >= 11 is 0. The number of carbonyl (C=O) groups excluding carboxylic acids is 2. The van der Waals surface area contributed by atoms with Crippen LogP contribution in [0.25, 0.3) is 16.5 Å². The zero-order valence-corrected chi connectivity index (χ0v) is 22.2. The second-order valence-electron chi connectivity index (χ2n) is 9.42. The van der Waals surface area contributed by atoms with Crippen LogP contribution in [0, 0.1) is 0 Å². The quantitative estimate of drug-likeness (QED) is 0.279. The van der Waals surface area contributed by atoms with E-state index in [1.807, 2.05) is 25.1 Å². The number of likely N-dealkylation sites (tertiary alicyclic amines) is 1. The van der Waals surface area contributed by atoms with Gasteiger partial charge in [0.05, 0.1) is 25.8 Å². The summed E-state index contributed by atoms with van der Waals surface area (Å²) in [5.74, 6) is 1.82. The summed E-state index contributed by atoms with van der Waals surface area (Å²) in [5.41, 5.74) is 2.20. The van der Waals surface area contributed by atoms with Crippen LogP contribution in [-0.2, 0) is 9.59 Å². The van der Waals surface area contributed by atoms with Gasteiger partial charge in [-0.2, -0.15) is 0 Å². The Balaban J connectivity index is 1.39. The zero-order valence-electron chi connectivity index (χ0n) is 22.2. The number of hydrogen-bond acceptors (Lipinski definition) is 9. The standard InChI is InChI=1S/C30H32N4O5/c1-3-38-27-10-7-20(15-23(27)22-16-21(35)8-9-26(22)36)33-30-24-17-28(37-2)29(18-25(24)31-19-32-30)39-14-6-13-34-11-4-5-12-34/h7-10,15-19H,3-6,11-14H2,1-2H3,(H,31,32,33). The van der Waals surface area contributed by atoms with Crippen molar-refractivity contribution in [3.8, 4) is 17.2 Å². The van der Waals surface area contributed by atoms with Gasteiger partial charge in [0.25, 0.3) is 0 Å². The lowest BCUT2D eigenvalue weighted by atomic mass is 9.95. The van der Waals surface area contributed by atoms with Crippen molar-refractivity contribution in [1.29, 1.82) is 0 Å². The first-order valence-corrected chi connectivity index (χ1v) is 13.3. The van der Waals surface area contributed by atoms with Gasteiger partial charge in [-0.25, -0.2) is 9.97 Å². The average molecular weight is 529 g/mol.